The van der Waals surface area contributed by atoms with Crippen LogP contribution in [0.1, 0.15) is 26.3 Å². The Morgan fingerprint density at radius 2 is 1.77 bits per heavy atom. The highest BCUT2D eigenvalue weighted by atomic mass is 32.2. The Bertz CT molecular complexity index is 855. The van der Waals surface area contributed by atoms with Crippen molar-refractivity contribution >= 4 is 27.4 Å². The van der Waals surface area contributed by atoms with Gasteiger partial charge >= 0.3 is 0 Å². The second kappa shape index (κ2) is 7.84. The fourth-order valence-corrected chi connectivity index (χ4v) is 2.59. The van der Waals surface area contributed by atoms with Gasteiger partial charge in [0.15, 0.2) is 0 Å². The number of carbonyl (C=O) groups excluding carboxylic acids is 1. The molecule has 0 aliphatic heterocycles. The number of nitrogens with two attached hydrogens (primary N) is 1. The Morgan fingerprint density at radius 1 is 1.12 bits per heavy atom. The molecule has 0 fully saturated rings. The Hall–Kier alpha value is -2.45. The number of amides is 1. The van der Waals surface area contributed by atoms with Gasteiger partial charge in [0.05, 0.1) is 16.8 Å². The van der Waals surface area contributed by atoms with Gasteiger partial charge in [0.2, 0.25) is 15.9 Å². The number of hydrogen-bond acceptors (Lipinski definition) is 5. The molecule has 0 spiro atoms. The molecular formula is C18H24N4O3S. The van der Waals surface area contributed by atoms with Gasteiger partial charge in [0.1, 0.15) is 5.82 Å². The summed E-state index contributed by atoms with van der Waals surface area (Å²) in [6.07, 6.45) is 2.31. The molecule has 2 rings (SSSR count). The molecule has 7 nitrogen and oxygen atoms in total. The van der Waals surface area contributed by atoms with Crippen LogP contribution < -0.4 is 15.8 Å². The van der Waals surface area contributed by atoms with Crippen LogP contribution in [-0.4, -0.2) is 25.9 Å². The van der Waals surface area contributed by atoms with Crippen LogP contribution in [0.3, 0.4) is 0 Å². The first-order valence-electron chi connectivity index (χ1n) is 8.19. The van der Waals surface area contributed by atoms with E-state index in [1.165, 1.54) is 12.1 Å². The number of carbonyl (C=O) groups is 1. The molecule has 0 atom stereocenters. The summed E-state index contributed by atoms with van der Waals surface area (Å²) in [7, 11) is -3.66. The summed E-state index contributed by atoms with van der Waals surface area (Å²) in [6.45, 7) is 6.18. The zero-order valence-electron chi connectivity index (χ0n) is 15.1. The predicted octanol–water partition coefficient (Wildman–Crippen LogP) is 2.37. The highest BCUT2D eigenvalue weighted by Gasteiger charge is 2.21. The molecule has 26 heavy (non-hydrogen) atoms. The van der Waals surface area contributed by atoms with Gasteiger partial charge < -0.3 is 10.6 Å². The molecule has 0 bridgehead atoms. The first kappa shape index (κ1) is 19.9. The number of anilines is 2. The molecule has 0 aliphatic rings. The molecule has 1 aromatic carbocycles. The van der Waals surface area contributed by atoms with E-state index in [9.17, 15) is 13.2 Å². The van der Waals surface area contributed by atoms with Crippen molar-refractivity contribution in [3.05, 3.63) is 48.2 Å². The lowest BCUT2D eigenvalue weighted by Gasteiger charge is -2.17. The predicted molar refractivity (Wildman–Crippen MR) is 102 cm³/mol. The largest absolute Gasteiger partial charge is 0.370 e. The van der Waals surface area contributed by atoms with Crippen LogP contribution in [0.15, 0.2) is 47.5 Å². The average molecular weight is 376 g/mol. The molecule has 0 radical (unpaired) electrons. The summed E-state index contributed by atoms with van der Waals surface area (Å²) in [5.41, 5.74) is 1.17. The molecule has 0 unspecified atom stereocenters. The Balaban J connectivity index is 1.85. The summed E-state index contributed by atoms with van der Waals surface area (Å²) in [6, 6.07) is 10.0. The first-order valence-corrected chi connectivity index (χ1v) is 9.73. The van der Waals surface area contributed by atoms with Gasteiger partial charge in [-0.3, -0.25) is 4.79 Å². The van der Waals surface area contributed by atoms with E-state index in [4.69, 9.17) is 5.14 Å². The van der Waals surface area contributed by atoms with E-state index in [0.717, 1.165) is 5.56 Å². The first-order chi connectivity index (χ1) is 12.1. The maximum Gasteiger partial charge on any atom is 0.238 e. The second-order valence-corrected chi connectivity index (χ2v) is 8.56. The summed E-state index contributed by atoms with van der Waals surface area (Å²) in [5, 5.41) is 11.1. The van der Waals surface area contributed by atoms with Crippen molar-refractivity contribution in [2.75, 3.05) is 17.2 Å². The number of rotatable bonds is 6. The van der Waals surface area contributed by atoms with Crippen molar-refractivity contribution in [3.8, 4) is 0 Å². The monoisotopic (exact) mass is 376 g/mol. The van der Waals surface area contributed by atoms with Gasteiger partial charge in [-0.15, -0.1) is 0 Å². The molecule has 0 aliphatic carbocycles. The fraction of sp³-hybridized carbons (Fsp3) is 0.333. The lowest BCUT2D eigenvalue weighted by molar-refractivity contribution is -0.123. The third kappa shape index (κ3) is 5.82. The van der Waals surface area contributed by atoms with Crippen LogP contribution in [0.2, 0.25) is 0 Å². The molecule has 0 saturated carbocycles. The normalized spacial score (nSPS) is 11.8. The van der Waals surface area contributed by atoms with E-state index in [-0.39, 0.29) is 10.8 Å². The second-order valence-electron chi connectivity index (χ2n) is 7.00. The number of primary sulfonamides is 1. The number of nitrogens with zero attached hydrogens (tertiary/aromatic N) is 1. The average Bonchev–Trinajstić information content (AvgIpc) is 2.55. The van der Waals surface area contributed by atoms with E-state index in [1.54, 1.807) is 30.5 Å². The standard InChI is InChI=1S/C18H24N4O3S/c1-18(2,3)17(23)22-14-6-9-16(21-12-14)20-11-10-13-4-7-15(8-5-13)26(19,24)25/h4-9,12H,10-11H2,1-3H3,(H,20,21)(H,22,23)(H2,19,24,25). The minimum absolute atomic E-state index is 0.0667. The molecule has 2 aromatic rings. The Labute approximate surface area is 154 Å². The van der Waals surface area contributed by atoms with Crippen LogP contribution in [0.5, 0.6) is 0 Å². The lowest BCUT2D eigenvalue weighted by atomic mass is 9.96. The van der Waals surface area contributed by atoms with E-state index >= 15 is 0 Å². The number of nitrogens with one attached hydrogen (secondary N) is 2. The van der Waals surface area contributed by atoms with E-state index < -0.39 is 15.4 Å². The third-order valence-corrected chi connectivity index (χ3v) is 4.60. The lowest BCUT2D eigenvalue weighted by Crippen LogP contribution is -2.27. The van der Waals surface area contributed by atoms with Crippen molar-refractivity contribution in [2.24, 2.45) is 10.6 Å². The highest BCUT2D eigenvalue weighted by molar-refractivity contribution is 7.89. The summed E-state index contributed by atoms with van der Waals surface area (Å²) in [4.78, 5) is 16.3. The third-order valence-electron chi connectivity index (χ3n) is 3.67. The van der Waals surface area contributed by atoms with E-state index in [0.29, 0.717) is 24.5 Å². The van der Waals surface area contributed by atoms with Crippen molar-refractivity contribution in [1.82, 2.24) is 4.98 Å². The van der Waals surface area contributed by atoms with Gasteiger partial charge in [-0.1, -0.05) is 32.9 Å². The maximum absolute atomic E-state index is 11.9. The van der Waals surface area contributed by atoms with Crippen molar-refractivity contribution < 1.29 is 13.2 Å². The van der Waals surface area contributed by atoms with Crippen LogP contribution >= 0.6 is 0 Å². The summed E-state index contributed by atoms with van der Waals surface area (Å²) < 4.78 is 22.4. The number of benzene rings is 1. The van der Waals surface area contributed by atoms with Crippen LogP contribution in [-0.2, 0) is 21.2 Å². The minimum Gasteiger partial charge on any atom is -0.370 e. The number of aromatic nitrogens is 1. The molecule has 4 N–H and O–H groups in total. The molecule has 140 valence electrons. The Kier molecular flexibility index (Phi) is 5.99. The van der Waals surface area contributed by atoms with Gasteiger partial charge in [-0.05, 0) is 36.2 Å². The molecule has 1 heterocycles. The van der Waals surface area contributed by atoms with Gasteiger partial charge in [-0.2, -0.15) is 0 Å². The fourth-order valence-electron chi connectivity index (χ4n) is 2.07. The number of hydrogen-bond donors (Lipinski definition) is 3. The summed E-state index contributed by atoms with van der Waals surface area (Å²) in [5.74, 6) is 0.628. The highest BCUT2D eigenvalue weighted by Crippen LogP contribution is 2.17. The SMILES string of the molecule is CC(C)(C)C(=O)Nc1ccc(NCCc2ccc(S(N)(=O)=O)cc2)nc1. The molecular weight excluding hydrogens is 352 g/mol. The quantitative estimate of drug-likeness (QED) is 0.716. The summed E-state index contributed by atoms with van der Waals surface area (Å²) >= 11 is 0. The van der Waals surface area contributed by atoms with E-state index in [1.807, 2.05) is 20.8 Å². The zero-order chi connectivity index (χ0) is 19.4. The smallest absolute Gasteiger partial charge is 0.238 e. The maximum atomic E-state index is 11.9. The molecule has 1 aromatic heterocycles. The molecule has 1 amide bonds. The van der Waals surface area contributed by atoms with Gasteiger partial charge in [-0.25, -0.2) is 18.5 Å². The topological polar surface area (TPSA) is 114 Å². The van der Waals surface area contributed by atoms with Crippen LogP contribution in [0.25, 0.3) is 0 Å². The molecule has 8 heteroatoms. The van der Waals surface area contributed by atoms with Crippen LogP contribution in [0.4, 0.5) is 11.5 Å². The van der Waals surface area contributed by atoms with Crippen molar-refractivity contribution in [3.63, 3.8) is 0 Å². The minimum atomic E-state index is -3.66. The van der Waals surface area contributed by atoms with Crippen molar-refractivity contribution in [2.45, 2.75) is 32.1 Å². The van der Waals surface area contributed by atoms with Gasteiger partial charge in [0.25, 0.3) is 0 Å². The number of sulfonamides is 1. The van der Waals surface area contributed by atoms with Crippen LogP contribution in [0, 0.1) is 5.41 Å². The zero-order valence-corrected chi connectivity index (χ0v) is 15.9. The van der Waals surface area contributed by atoms with Gasteiger partial charge in [0, 0.05) is 12.0 Å². The molecule has 0 saturated heterocycles. The number of pyridine rings is 1. The van der Waals surface area contributed by atoms with Crippen molar-refractivity contribution in [1.29, 1.82) is 0 Å². The van der Waals surface area contributed by atoms with E-state index in [2.05, 4.69) is 15.6 Å². The Morgan fingerprint density at radius 3 is 2.27 bits per heavy atom.